The molecule has 0 amide bonds. The molecule has 0 saturated heterocycles. The van der Waals surface area contributed by atoms with Gasteiger partial charge >= 0.3 is 15.6 Å². The molecule has 0 aromatic rings. The van der Waals surface area contributed by atoms with Gasteiger partial charge in [-0.3, -0.25) is 0 Å². The van der Waals surface area contributed by atoms with E-state index in [-0.39, 0.29) is 0 Å². The molecular formula is C24H36O7P2Si4. The molecule has 0 aromatic heterocycles. The lowest BCUT2D eigenvalue weighted by Crippen LogP contribution is -2.38. The third kappa shape index (κ3) is 8.50. The quantitative estimate of drug-likeness (QED) is 0.0915. The molecule has 200 valence electrons. The van der Waals surface area contributed by atoms with Gasteiger partial charge in [0.2, 0.25) is 0 Å². The van der Waals surface area contributed by atoms with E-state index in [9.17, 15) is 9.13 Å². The fraction of sp³-hybridized carbons (Fsp3) is 0. The zero-order valence-corrected chi connectivity index (χ0v) is 27.0. The van der Waals surface area contributed by atoms with Crippen molar-refractivity contribution in [3.05, 3.63) is 147 Å². The van der Waals surface area contributed by atoms with Gasteiger partial charge in [0, 0.05) is 0 Å². The second-order valence-corrected chi connectivity index (χ2v) is 24.3. The van der Waals surface area contributed by atoms with Crippen LogP contribution in [0.1, 0.15) is 0 Å². The molecule has 0 atom stereocenters. The Morgan fingerprint density at radius 2 is 0.486 bits per heavy atom. The molecule has 0 aromatic carbocycles. The van der Waals surface area contributed by atoms with Gasteiger partial charge < -0.3 is 16.9 Å². The van der Waals surface area contributed by atoms with E-state index in [0.717, 1.165) is 0 Å². The molecule has 0 aliphatic carbocycles. The molecule has 37 heavy (non-hydrogen) atoms. The van der Waals surface area contributed by atoms with E-state index in [4.69, 9.17) is 21.2 Å². The van der Waals surface area contributed by atoms with Crippen LogP contribution in [0, 0.1) is 0 Å². The van der Waals surface area contributed by atoms with Gasteiger partial charge in [-0.2, -0.15) is 4.31 Å². The van der Waals surface area contributed by atoms with E-state index in [1.807, 2.05) is 0 Å². The second-order valence-electron chi connectivity index (χ2n) is 7.20. The number of rotatable bonds is 22. The summed E-state index contributed by atoms with van der Waals surface area (Å²) in [5, 5.41) is 0. The summed E-state index contributed by atoms with van der Waals surface area (Å²) in [7, 11) is -23.4. The molecule has 0 fully saturated rings. The minimum absolute atomic E-state index is 1.38. The van der Waals surface area contributed by atoms with Crippen molar-refractivity contribution in [3.63, 3.8) is 0 Å². The lowest BCUT2D eigenvalue weighted by atomic mass is 11.2. The van der Waals surface area contributed by atoms with E-state index >= 15 is 0 Å². The average Bonchev–Trinajstić information content (AvgIpc) is 2.92. The highest BCUT2D eigenvalue weighted by Gasteiger charge is 2.53. The smallest absolute Gasteiger partial charge is 0.317 e. The summed E-state index contributed by atoms with van der Waals surface area (Å²) < 4.78 is 58.0. The van der Waals surface area contributed by atoms with Gasteiger partial charge in [0.25, 0.3) is 33.3 Å². The predicted octanol–water partition coefficient (Wildman–Crippen LogP) is 7.77. The number of hydrogen-bond acceptors (Lipinski definition) is 7. The van der Waals surface area contributed by atoms with Crippen LogP contribution in [0.5, 0.6) is 0 Å². The molecule has 7 nitrogen and oxygen atoms in total. The highest BCUT2D eigenvalue weighted by atomic mass is 31.3. The van der Waals surface area contributed by atoms with Crippen molar-refractivity contribution in [2.24, 2.45) is 0 Å². The van der Waals surface area contributed by atoms with Crippen LogP contribution in [0.25, 0.3) is 0 Å². The molecule has 0 spiro atoms. The van der Waals surface area contributed by atoms with Crippen LogP contribution in [-0.2, 0) is 30.3 Å². The SMILES string of the molecule is C=C[Si](C=C)(C=C)OP(=O)(O[Si](C=C)(C=C)C=C)OP(=O)(O[Si](C=C)(C=C)C=C)O[Si](C=C)(C=C)C=C. The molecule has 0 rings (SSSR count). The average molecular weight is 611 g/mol. The fourth-order valence-corrected chi connectivity index (χ4v) is 17.9. The maximum Gasteiger partial charge on any atom is 0.465 e. The third-order valence-corrected chi connectivity index (χ3v) is 23.0. The van der Waals surface area contributed by atoms with Crippen LogP contribution in [0.2, 0.25) is 0 Å². The van der Waals surface area contributed by atoms with Crippen molar-refractivity contribution >= 4 is 48.9 Å². The maximum absolute atomic E-state index is 14.4. The van der Waals surface area contributed by atoms with Gasteiger partial charge in [0.1, 0.15) is 0 Å². The van der Waals surface area contributed by atoms with Gasteiger partial charge in [-0.1, -0.05) is 68.4 Å². The molecule has 0 heterocycles. The summed E-state index contributed by atoms with van der Waals surface area (Å²) in [5.74, 6) is 0. The van der Waals surface area contributed by atoms with Crippen molar-refractivity contribution in [2.45, 2.75) is 0 Å². The highest BCUT2D eigenvalue weighted by molar-refractivity contribution is 7.65. The molecule has 0 aliphatic rings. The highest BCUT2D eigenvalue weighted by Crippen LogP contribution is 2.69. The zero-order chi connectivity index (χ0) is 29.0. The summed E-state index contributed by atoms with van der Waals surface area (Å²) in [6.45, 7) is 44.7. The van der Waals surface area contributed by atoms with Crippen LogP contribution >= 0.6 is 15.6 Å². The molecule has 0 N–H and O–H groups in total. The molecule has 0 aliphatic heterocycles. The Balaban J connectivity index is 7.36. The van der Waals surface area contributed by atoms with E-state index in [2.05, 4.69) is 78.9 Å². The Hall–Kier alpha value is -1.99. The molecule has 0 saturated carbocycles. The minimum atomic E-state index is -4.90. The van der Waals surface area contributed by atoms with Crippen molar-refractivity contribution in [1.29, 1.82) is 0 Å². The summed E-state index contributed by atoms with van der Waals surface area (Å²) in [5.41, 5.74) is 16.6. The largest absolute Gasteiger partial charge is 0.465 e. The Morgan fingerprint density at radius 1 is 0.351 bits per heavy atom. The third-order valence-electron chi connectivity index (χ3n) is 5.11. The summed E-state index contributed by atoms with van der Waals surface area (Å²) >= 11 is 0. The van der Waals surface area contributed by atoms with Gasteiger partial charge in [-0.15, -0.1) is 78.9 Å². The fourth-order valence-electron chi connectivity index (χ4n) is 2.45. The predicted molar refractivity (Wildman–Crippen MR) is 166 cm³/mol. The van der Waals surface area contributed by atoms with E-state index in [1.165, 1.54) is 68.4 Å². The first-order chi connectivity index (χ1) is 17.3. The molecule has 0 bridgehead atoms. The van der Waals surface area contributed by atoms with Crippen molar-refractivity contribution in [3.8, 4) is 0 Å². The first kappa shape index (κ1) is 35.0. The van der Waals surface area contributed by atoms with Gasteiger partial charge in [0.05, 0.1) is 0 Å². The Kier molecular flexibility index (Phi) is 13.5. The first-order valence-electron chi connectivity index (χ1n) is 10.6. The monoisotopic (exact) mass is 610 g/mol. The molecule has 13 heteroatoms. The Bertz CT molecular complexity index is 852. The van der Waals surface area contributed by atoms with Crippen LogP contribution in [0.4, 0.5) is 0 Å². The van der Waals surface area contributed by atoms with Gasteiger partial charge in [-0.25, -0.2) is 9.13 Å². The second kappa shape index (κ2) is 14.2. The molecular weight excluding hydrogens is 575 g/mol. The summed E-state index contributed by atoms with van der Waals surface area (Å²) in [4.78, 5) is 0. The Morgan fingerprint density at radius 3 is 0.595 bits per heavy atom. The van der Waals surface area contributed by atoms with Crippen LogP contribution in [-0.4, -0.2) is 33.3 Å². The van der Waals surface area contributed by atoms with Crippen LogP contribution in [0.15, 0.2) is 147 Å². The first-order valence-corrected chi connectivity index (χ1v) is 22.1. The Labute approximate surface area is 226 Å². The minimum Gasteiger partial charge on any atom is -0.317 e. The lowest BCUT2D eigenvalue weighted by molar-refractivity contribution is 0.244. The van der Waals surface area contributed by atoms with Crippen molar-refractivity contribution in [1.82, 2.24) is 0 Å². The van der Waals surface area contributed by atoms with Crippen LogP contribution in [0.3, 0.4) is 0 Å². The molecule has 0 unspecified atom stereocenters. The van der Waals surface area contributed by atoms with Gasteiger partial charge in [0.15, 0.2) is 0 Å². The van der Waals surface area contributed by atoms with Crippen molar-refractivity contribution < 1.29 is 30.3 Å². The van der Waals surface area contributed by atoms with E-state index in [0.29, 0.717) is 0 Å². The normalized spacial score (nSPS) is 12.8. The topological polar surface area (TPSA) is 80.3 Å². The molecule has 0 radical (unpaired) electrons. The van der Waals surface area contributed by atoms with E-state index in [1.54, 1.807) is 0 Å². The standard InChI is InChI=1S/C24H36O7P2Si4/c1-13-34(14-2,15-3)28-32(25,29-35(16-4,17-5)18-6)27-33(26,30-36(19-7,20-8)21-9)31-37(22-10,23-11)24-12/h13-24H,1-12H2. The summed E-state index contributed by atoms with van der Waals surface area (Å²) in [6, 6.07) is 0. The number of phosphoric acid groups is 2. The van der Waals surface area contributed by atoms with Crippen molar-refractivity contribution in [2.75, 3.05) is 0 Å². The number of hydrogen-bond donors (Lipinski definition) is 0. The van der Waals surface area contributed by atoms with Crippen LogP contribution < -0.4 is 0 Å². The maximum atomic E-state index is 14.4. The summed E-state index contributed by atoms with van der Waals surface area (Å²) in [6.07, 6.45) is 0. The zero-order valence-electron chi connectivity index (χ0n) is 21.2. The van der Waals surface area contributed by atoms with E-state index < -0.39 is 48.9 Å². The lowest BCUT2D eigenvalue weighted by Gasteiger charge is -2.36. The van der Waals surface area contributed by atoms with Gasteiger partial charge in [-0.05, 0) is 0 Å².